The van der Waals surface area contributed by atoms with E-state index in [1.807, 2.05) is 31.2 Å². The van der Waals surface area contributed by atoms with Gasteiger partial charge in [-0.2, -0.15) is 4.98 Å². The summed E-state index contributed by atoms with van der Waals surface area (Å²) in [5, 5.41) is 4.11. The van der Waals surface area contributed by atoms with Crippen LogP contribution >= 0.6 is 0 Å². The van der Waals surface area contributed by atoms with Crippen LogP contribution in [0, 0.1) is 12.8 Å². The summed E-state index contributed by atoms with van der Waals surface area (Å²) in [6.07, 6.45) is 3.76. The highest BCUT2D eigenvalue weighted by Crippen LogP contribution is 2.24. The van der Waals surface area contributed by atoms with Crippen molar-refractivity contribution < 1.29 is 13.7 Å². The third-order valence-corrected chi connectivity index (χ3v) is 5.07. The molecule has 28 heavy (non-hydrogen) atoms. The number of benzene rings is 1. The number of piperidine rings is 1. The monoisotopic (exact) mass is 379 g/mol. The minimum absolute atomic E-state index is 0.125. The van der Waals surface area contributed by atoms with E-state index in [1.165, 1.54) is 18.4 Å². The topological polar surface area (TPSA) is 89.4 Å². The number of hydrogen-bond donors (Lipinski definition) is 0. The second-order valence-corrected chi connectivity index (χ2v) is 7.13. The van der Waals surface area contributed by atoms with E-state index in [2.05, 4.69) is 10.1 Å². The lowest BCUT2D eigenvalue weighted by molar-refractivity contribution is 0.0665. The van der Waals surface area contributed by atoms with Crippen molar-refractivity contribution in [1.29, 1.82) is 0 Å². The quantitative estimate of drug-likeness (QED) is 0.692. The first-order valence-electron chi connectivity index (χ1n) is 9.37. The van der Waals surface area contributed by atoms with Crippen molar-refractivity contribution in [3.63, 3.8) is 0 Å². The Kier molecular flexibility index (Phi) is 5.06. The first kappa shape index (κ1) is 18.2. The second kappa shape index (κ2) is 7.80. The van der Waals surface area contributed by atoms with Crippen LogP contribution in [-0.2, 0) is 6.42 Å². The Morgan fingerprint density at radius 3 is 2.89 bits per heavy atom. The Hall–Kier alpha value is -3.22. The van der Waals surface area contributed by atoms with E-state index in [1.54, 1.807) is 4.90 Å². The van der Waals surface area contributed by atoms with E-state index in [0.29, 0.717) is 36.8 Å². The maximum atomic E-state index is 12.6. The van der Waals surface area contributed by atoms with Gasteiger partial charge < -0.3 is 13.8 Å². The maximum absolute atomic E-state index is 12.6. The van der Waals surface area contributed by atoms with Gasteiger partial charge in [-0.05, 0) is 37.3 Å². The zero-order valence-electron chi connectivity index (χ0n) is 15.6. The molecule has 7 nitrogen and oxygen atoms in total. The van der Waals surface area contributed by atoms with E-state index >= 15 is 0 Å². The number of likely N-dealkylation sites (tertiary alicyclic amines) is 1. The van der Waals surface area contributed by atoms with Crippen LogP contribution in [0.25, 0.3) is 11.4 Å². The Balaban J connectivity index is 1.43. The van der Waals surface area contributed by atoms with Crippen molar-refractivity contribution >= 4 is 5.91 Å². The van der Waals surface area contributed by atoms with Crippen molar-refractivity contribution in [1.82, 2.24) is 15.0 Å². The number of amides is 1. The van der Waals surface area contributed by atoms with Crippen LogP contribution in [0.1, 0.15) is 34.7 Å². The van der Waals surface area contributed by atoms with Gasteiger partial charge in [0.25, 0.3) is 5.91 Å². The lowest BCUT2D eigenvalue weighted by atomic mass is 9.94. The molecule has 4 rings (SSSR count). The predicted octanol–water partition coefficient (Wildman–Crippen LogP) is 3.09. The smallest absolute Gasteiger partial charge is 0.335 e. The summed E-state index contributed by atoms with van der Waals surface area (Å²) >= 11 is 0. The van der Waals surface area contributed by atoms with Crippen molar-refractivity contribution in [2.75, 3.05) is 13.1 Å². The molecular formula is C21H21N3O4. The lowest BCUT2D eigenvalue weighted by Gasteiger charge is -2.32. The zero-order chi connectivity index (χ0) is 19.5. The van der Waals surface area contributed by atoms with E-state index < -0.39 is 5.63 Å². The fourth-order valence-corrected chi connectivity index (χ4v) is 3.60. The first-order valence-corrected chi connectivity index (χ1v) is 9.37. The summed E-state index contributed by atoms with van der Waals surface area (Å²) in [6, 6.07) is 10.7. The van der Waals surface area contributed by atoms with Gasteiger partial charge in [0.1, 0.15) is 6.26 Å². The molecule has 0 aliphatic carbocycles. The Bertz CT molecular complexity index is 1020. The first-order chi connectivity index (χ1) is 13.6. The lowest BCUT2D eigenvalue weighted by Crippen LogP contribution is -2.40. The molecule has 144 valence electrons. The third kappa shape index (κ3) is 3.88. The minimum Gasteiger partial charge on any atom is -0.430 e. The molecule has 1 aromatic carbocycles. The highest BCUT2D eigenvalue weighted by Gasteiger charge is 2.26. The van der Waals surface area contributed by atoms with Gasteiger partial charge in [-0.1, -0.05) is 29.4 Å². The molecule has 2 aromatic heterocycles. The molecule has 3 aromatic rings. The molecule has 1 fully saturated rings. The van der Waals surface area contributed by atoms with Gasteiger partial charge in [-0.15, -0.1) is 0 Å². The minimum atomic E-state index is -0.464. The van der Waals surface area contributed by atoms with Crippen LogP contribution in [0.5, 0.6) is 0 Å². The summed E-state index contributed by atoms with van der Waals surface area (Å²) in [4.78, 5) is 30.1. The van der Waals surface area contributed by atoms with E-state index in [0.717, 1.165) is 24.0 Å². The SMILES string of the molecule is Cc1ccccc1-c1noc(CC2CCCN(C(=O)c3ccc(=O)oc3)C2)n1. The van der Waals surface area contributed by atoms with Gasteiger partial charge >= 0.3 is 5.63 Å². The summed E-state index contributed by atoms with van der Waals surface area (Å²) in [5.74, 6) is 1.30. The Morgan fingerprint density at radius 1 is 1.25 bits per heavy atom. The molecule has 1 amide bonds. The van der Waals surface area contributed by atoms with Crippen LogP contribution in [0.4, 0.5) is 0 Å². The molecule has 0 saturated carbocycles. The van der Waals surface area contributed by atoms with Gasteiger partial charge in [-0.25, -0.2) is 4.79 Å². The molecule has 0 radical (unpaired) electrons. The van der Waals surface area contributed by atoms with Gasteiger partial charge in [0.05, 0.1) is 5.56 Å². The molecule has 7 heteroatoms. The van der Waals surface area contributed by atoms with Gasteiger partial charge in [0.2, 0.25) is 11.7 Å². The van der Waals surface area contributed by atoms with E-state index in [-0.39, 0.29) is 11.8 Å². The zero-order valence-corrected chi connectivity index (χ0v) is 15.6. The molecule has 0 spiro atoms. The largest absolute Gasteiger partial charge is 0.430 e. The van der Waals surface area contributed by atoms with Gasteiger partial charge in [0, 0.05) is 31.1 Å². The Labute approximate surface area is 162 Å². The third-order valence-electron chi connectivity index (χ3n) is 5.07. The highest BCUT2D eigenvalue weighted by atomic mass is 16.5. The summed E-state index contributed by atoms with van der Waals surface area (Å²) in [6.45, 7) is 3.31. The maximum Gasteiger partial charge on any atom is 0.335 e. The molecule has 1 unspecified atom stereocenters. The standard InChI is InChI=1S/C21H21N3O4/c1-14-5-2-3-7-17(14)20-22-18(28-23-20)11-15-6-4-10-24(12-15)21(26)16-8-9-19(25)27-13-16/h2-3,5,7-9,13,15H,4,6,10-12H2,1H3. The van der Waals surface area contributed by atoms with Crippen LogP contribution in [-0.4, -0.2) is 34.0 Å². The molecule has 1 aliphatic heterocycles. The van der Waals surface area contributed by atoms with E-state index in [4.69, 9.17) is 8.94 Å². The van der Waals surface area contributed by atoms with Crippen LogP contribution in [0.3, 0.4) is 0 Å². The van der Waals surface area contributed by atoms with Crippen molar-refractivity contribution in [2.24, 2.45) is 5.92 Å². The predicted molar refractivity (Wildman–Crippen MR) is 102 cm³/mol. The fraction of sp³-hybridized carbons (Fsp3) is 0.333. The summed E-state index contributed by atoms with van der Waals surface area (Å²) < 4.78 is 10.3. The average molecular weight is 379 g/mol. The molecule has 1 atom stereocenters. The number of carbonyl (C=O) groups excluding carboxylic acids is 1. The molecule has 0 N–H and O–H groups in total. The van der Waals surface area contributed by atoms with Crippen molar-refractivity contribution in [3.05, 3.63) is 70.1 Å². The van der Waals surface area contributed by atoms with Crippen LogP contribution < -0.4 is 5.63 Å². The van der Waals surface area contributed by atoms with Crippen LogP contribution in [0.2, 0.25) is 0 Å². The fourth-order valence-electron chi connectivity index (χ4n) is 3.60. The number of carbonyl (C=O) groups is 1. The normalized spacial score (nSPS) is 16.9. The molecule has 1 saturated heterocycles. The molecule has 0 bridgehead atoms. The number of aromatic nitrogens is 2. The molecular weight excluding hydrogens is 358 g/mol. The van der Waals surface area contributed by atoms with Crippen LogP contribution in [0.15, 0.2) is 56.4 Å². The molecule has 1 aliphatic rings. The summed E-state index contributed by atoms with van der Waals surface area (Å²) in [7, 11) is 0. The van der Waals surface area contributed by atoms with Gasteiger partial charge in [0.15, 0.2) is 0 Å². The van der Waals surface area contributed by atoms with Crippen molar-refractivity contribution in [3.8, 4) is 11.4 Å². The second-order valence-electron chi connectivity index (χ2n) is 7.13. The number of hydrogen-bond acceptors (Lipinski definition) is 6. The number of nitrogens with zero attached hydrogens (tertiary/aromatic N) is 3. The van der Waals surface area contributed by atoms with Gasteiger partial charge in [-0.3, -0.25) is 4.79 Å². The van der Waals surface area contributed by atoms with E-state index in [9.17, 15) is 9.59 Å². The summed E-state index contributed by atoms with van der Waals surface area (Å²) in [5.41, 5.74) is 1.98. The highest BCUT2D eigenvalue weighted by molar-refractivity contribution is 5.93. The number of rotatable bonds is 4. The average Bonchev–Trinajstić information content (AvgIpc) is 3.17. The van der Waals surface area contributed by atoms with Crippen molar-refractivity contribution in [2.45, 2.75) is 26.2 Å². The molecule has 3 heterocycles. The number of aryl methyl sites for hydroxylation is 1. The Morgan fingerprint density at radius 2 is 2.11 bits per heavy atom.